The van der Waals surface area contributed by atoms with Crippen molar-refractivity contribution in [3.8, 4) is 0 Å². The Bertz CT molecular complexity index is 538. The highest BCUT2D eigenvalue weighted by molar-refractivity contribution is 9.10. The zero-order chi connectivity index (χ0) is 13.1. The van der Waals surface area contributed by atoms with E-state index in [-0.39, 0.29) is 6.04 Å². The summed E-state index contributed by atoms with van der Waals surface area (Å²) in [5, 5.41) is 6.48. The van der Waals surface area contributed by atoms with E-state index in [2.05, 4.69) is 52.6 Å². The number of aryl methyl sites for hydroxylation is 1. The second-order valence-electron chi connectivity index (χ2n) is 4.12. The summed E-state index contributed by atoms with van der Waals surface area (Å²) in [6, 6.07) is 8.44. The van der Waals surface area contributed by atoms with Crippen LogP contribution in [0.2, 0.25) is 5.02 Å². The van der Waals surface area contributed by atoms with Gasteiger partial charge in [-0.15, -0.1) is 11.3 Å². The molecule has 18 heavy (non-hydrogen) atoms. The van der Waals surface area contributed by atoms with Gasteiger partial charge >= 0.3 is 0 Å². The second-order valence-corrected chi connectivity index (χ2v) is 6.47. The zero-order valence-corrected chi connectivity index (χ0v) is 13.5. The van der Waals surface area contributed by atoms with E-state index < -0.39 is 0 Å². The van der Waals surface area contributed by atoms with Gasteiger partial charge in [0.2, 0.25) is 0 Å². The summed E-state index contributed by atoms with van der Waals surface area (Å²) in [4.78, 5) is 1.32. The summed E-state index contributed by atoms with van der Waals surface area (Å²) in [7, 11) is 0. The van der Waals surface area contributed by atoms with Crippen LogP contribution in [0.15, 0.2) is 34.1 Å². The van der Waals surface area contributed by atoms with E-state index >= 15 is 0 Å². The van der Waals surface area contributed by atoms with E-state index in [4.69, 9.17) is 11.6 Å². The molecule has 1 N–H and O–H groups in total. The molecule has 0 amide bonds. The van der Waals surface area contributed by atoms with Crippen molar-refractivity contribution < 1.29 is 0 Å². The standard InChI is InChI=1S/C14H15BrClNS/c1-3-17-14(10-7-9(2)18-8-10)11-5-4-6-12(15)13(11)16/h4-8,14,17H,3H2,1-2H3. The van der Waals surface area contributed by atoms with Crippen LogP contribution in [-0.4, -0.2) is 6.54 Å². The zero-order valence-electron chi connectivity index (χ0n) is 10.3. The number of thiophene rings is 1. The fourth-order valence-corrected chi connectivity index (χ4v) is 3.32. The van der Waals surface area contributed by atoms with Crippen molar-refractivity contribution in [2.75, 3.05) is 6.54 Å². The van der Waals surface area contributed by atoms with Gasteiger partial charge in [0.1, 0.15) is 0 Å². The first-order chi connectivity index (χ1) is 8.63. The Hall–Kier alpha value is -0.350. The maximum atomic E-state index is 6.40. The van der Waals surface area contributed by atoms with E-state index in [0.717, 1.165) is 21.6 Å². The molecule has 4 heteroatoms. The predicted octanol–water partition coefficient (Wildman–Crippen LogP) is 5.17. The Morgan fingerprint density at radius 3 is 2.83 bits per heavy atom. The molecule has 1 unspecified atom stereocenters. The van der Waals surface area contributed by atoms with Gasteiger partial charge < -0.3 is 5.32 Å². The van der Waals surface area contributed by atoms with E-state index in [1.807, 2.05) is 12.1 Å². The third-order valence-corrected chi connectivity index (χ3v) is 4.98. The average molecular weight is 345 g/mol. The first kappa shape index (κ1) is 14.1. The van der Waals surface area contributed by atoms with E-state index in [1.165, 1.54) is 10.4 Å². The Morgan fingerprint density at radius 1 is 1.44 bits per heavy atom. The molecule has 2 aromatic rings. The van der Waals surface area contributed by atoms with Gasteiger partial charge in [0.15, 0.2) is 0 Å². The van der Waals surface area contributed by atoms with Gasteiger partial charge in [-0.05, 0) is 58.0 Å². The lowest BCUT2D eigenvalue weighted by Crippen LogP contribution is -2.21. The number of benzene rings is 1. The number of hydrogen-bond acceptors (Lipinski definition) is 2. The molecule has 0 saturated heterocycles. The minimum Gasteiger partial charge on any atom is -0.306 e. The average Bonchev–Trinajstić information content (AvgIpc) is 2.77. The summed E-state index contributed by atoms with van der Waals surface area (Å²) in [6.07, 6.45) is 0. The van der Waals surface area contributed by atoms with Gasteiger partial charge in [-0.3, -0.25) is 0 Å². The van der Waals surface area contributed by atoms with Gasteiger partial charge in [-0.25, -0.2) is 0 Å². The van der Waals surface area contributed by atoms with Gasteiger partial charge in [0.05, 0.1) is 11.1 Å². The van der Waals surface area contributed by atoms with Gasteiger partial charge in [-0.1, -0.05) is 30.7 Å². The van der Waals surface area contributed by atoms with Gasteiger partial charge in [0, 0.05) is 9.35 Å². The van der Waals surface area contributed by atoms with E-state index in [0.29, 0.717) is 0 Å². The molecule has 0 aliphatic carbocycles. The molecule has 1 aromatic carbocycles. The molecular weight excluding hydrogens is 330 g/mol. The smallest absolute Gasteiger partial charge is 0.0600 e. The Morgan fingerprint density at radius 2 is 2.22 bits per heavy atom. The lowest BCUT2D eigenvalue weighted by atomic mass is 10.0. The molecule has 1 heterocycles. The van der Waals surface area contributed by atoms with Crippen LogP contribution in [0.4, 0.5) is 0 Å². The summed E-state index contributed by atoms with van der Waals surface area (Å²) >= 11 is 11.7. The van der Waals surface area contributed by atoms with Crippen molar-refractivity contribution in [1.82, 2.24) is 5.32 Å². The molecule has 0 aliphatic heterocycles. The Kier molecular flexibility index (Phi) is 4.84. The van der Waals surface area contributed by atoms with Crippen molar-refractivity contribution in [3.63, 3.8) is 0 Å². The van der Waals surface area contributed by atoms with Gasteiger partial charge in [-0.2, -0.15) is 0 Å². The monoisotopic (exact) mass is 343 g/mol. The van der Waals surface area contributed by atoms with Crippen LogP contribution in [0, 0.1) is 6.92 Å². The largest absolute Gasteiger partial charge is 0.306 e. The molecule has 1 atom stereocenters. The van der Waals surface area contributed by atoms with E-state index in [1.54, 1.807) is 11.3 Å². The predicted molar refractivity (Wildman–Crippen MR) is 83.7 cm³/mol. The molecule has 0 saturated carbocycles. The van der Waals surface area contributed by atoms with Crippen LogP contribution in [-0.2, 0) is 0 Å². The highest BCUT2D eigenvalue weighted by Crippen LogP contribution is 2.34. The summed E-state index contributed by atoms with van der Waals surface area (Å²) in [6.45, 7) is 5.14. The van der Waals surface area contributed by atoms with Crippen molar-refractivity contribution in [3.05, 3.63) is 55.1 Å². The fraction of sp³-hybridized carbons (Fsp3) is 0.286. The number of halogens is 2. The minimum atomic E-state index is 0.157. The Balaban J connectivity index is 2.44. The van der Waals surface area contributed by atoms with Crippen LogP contribution in [0.25, 0.3) is 0 Å². The molecule has 0 spiro atoms. The number of hydrogen-bond donors (Lipinski definition) is 1. The third-order valence-electron chi connectivity index (χ3n) is 2.78. The minimum absolute atomic E-state index is 0.157. The van der Waals surface area contributed by atoms with Gasteiger partial charge in [0.25, 0.3) is 0 Å². The van der Waals surface area contributed by atoms with Crippen molar-refractivity contribution >= 4 is 38.9 Å². The molecule has 0 bridgehead atoms. The maximum absolute atomic E-state index is 6.40. The SMILES string of the molecule is CCNC(c1csc(C)c1)c1cccc(Br)c1Cl. The summed E-state index contributed by atoms with van der Waals surface area (Å²) < 4.78 is 0.941. The van der Waals surface area contributed by atoms with Crippen LogP contribution < -0.4 is 5.32 Å². The lowest BCUT2D eigenvalue weighted by molar-refractivity contribution is 0.632. The third kappa shape index (κ3) is 2.97. The number of rotatable bonds is 4. The molecule has 96 valence electrons. The van der Waals surface area contributed by atoms with Crippen molar-refractivity contribution in [2.45, 2.75) is 19.9 Å². The molecule has 2 rings (SSSR count). The molecule has 0 fully saturated rings. The molecule has 0 radical (unpaired) electrons. The topological polar surface area (TPSA) is 12.0 Å². The van der Waals surface area contributed by atoms with Crippen LogP contribution in [0.1, 0.15) is 29.0 Å². The highest BCUT2D eigenvalue weighted by Gasteiger charge is 2.18. The highest BCUT2D eigenvalue weighted by atomic mass is 79.9. The normalized spacial score (nSPS) is 12.7. The molecule has 1 aromatic heterocycles. The van der Waals surface area contributed by atoms with Crippen molar-refractivity contribution in [2.24, 2.45) is 0 Å². The first-order valence-electron chi connectivity index (χ1n) is 5.85. The molecule has 0 aliphatic rings. The molecular formula is C14H15BrClNS. The first-order valence-corrected chi connectivity index (χ1v) is 7.91. The fourth-order valence-electron chi connectivity index (χ4n) is 1.97. The van der Waals surface area contributed by atoms with Crippen LogP contribution in [0.3, 0.4) is 0 Å². The molecule has 1 nitrogen and oxygen atoms in total. The number of nitrogens with one attached hydrogen (secondary N) is 1. The van der Waals surface area contributed by atoms with E-state index in [9.17, 15) is 0 Å². The maximum Gasteiger partial charge on any atom is 0.0600 e. The van der Waals surface area contributed by atoms with Crippen molar-refractivity contribution in [1.29, 1.82) is 0 Å². The van der Waals surface area contributed by atoms with Crippen LogP contribution in [0.5, 0.6) is 0 Å². The quantitative estimate of drug-likeness (QED) is 0.806. The second kappa shape index (κ2) is 6.20. The Labute approximate surface area is 125 Å². The lowest BCUT2D eigenvalue weighted by Gasteiger charge is -2.19. The van der Waals surface area contributed by atoms with Crippen LogP contribution >= 0.6 is 38.9 Å². The summed E-state index contributed by atoms with van der Waals surface area (Å²) in [5.41, 5.74) is 2.39. The summed E-state index contributed by atoms with van der Waals surface area (Å²) in [5.74, 6) is 0.